The van der Waals surface area contributed by atoms with Crippen molar-refractivity contribution in [1.29, 1.82) is 0 Å². The Balaban J connectivity index is 1.53. The second kappa shape index (κ2) is 6.93. The lowest BCUT2D eigenvalue weighted by Gasteiger charge is -2.27. The molecule has 98 valence electrons. The van der Waals surface area contributed by atoms with E-state index in [9.17, 15) is 4.79 Å². The van der Waals surface area contributed by atoms with Crippen LogP contribution < -0.4 is 5.32 Å². The first kappa shape index (κ1) is 12.8. The van der Waals surface area contributed by atoms with E-state index in [0.717, 1.165) is 32.7 Å². The first-order chi connectivity index (χ1) is 8.36. The summed E-state index contributed by atoms with van der Waals surface area (Å²) in [4.78, 5) is 13.6. The SMILES string of the molecule is O=C(CNCCC1CCCO1)N1CCOCC1. The van der Waals surface area contributed by atoms with Gasteiger partial charge in [0.2, 0.25) is 5.91 Å². The zero-order valence-corrected chi connectivity index (χ0v) is 10.3. The maximum Gasteiger partial charge on any atom is 0.236 e. The van der Waals surface area contributed by atoms with E-state index in [2.05, 4.69) is 5.32 Å². The quantitative estimate of drug-likeness (QED) is 0.690. The van der Waals surface area contributed by atoms with Crippen LogP contribution in [0.25, 0.3) is 0 Å². The first-order valence-corrected chi connectivity index (χ1v) is 6.54. The Morgan fingerprint density at radius 3 is 2.82 bits per heavy atom. The highest BCUT2D eigenvalue weighted by Crippen LogP contribution is 2.14. The molecule has 2 aliphatic heterocycles. The van der Waals surface area contributed by atoms with Gasteiger partial charge in [0, 0.05) is 19.7 Å². The zero-order chi connectivity index (χ0) is 11.9. The van der Waals surface area contributed by atoms with Gasteiger partial charge in [-0.2, -0.15) is 0 Å². The summed E-state index contributed by atoms with van der Waals surface area (Å²) >= 11 is 0. The Morgan fingerprint density at radius 2 is 2.12 bits per heavy atom. The minimum atomic E-state index is 0.181. The molecule has 17 heavy (non-hydrogen) atoms. The normalized spacial score (nSPS) is 25.2. The highest BCUT2D eigenvalue weighted by molar-refractivity contribution is 5.78. The summed E-state index contributed by atoms with van der Waals surface area (Å²) in [6, 6.07) is 0. The van der Waals surface area contributed by atoms with Gasteiger partial charge in [-0.1, -0.05) is 0 Å². The minimum absolute atomic E-state index is 0.181. The number of rotatable bonds is 5. The van der Waals surface area contributed by atoms with Crippen LogP contribution in [-0.2, 0) is 14.3 Å². The monoisotopic (exact) mass is 242 g/mol. The van der Waals surface area contributed by atoms with Crippen molar-refractivity contribution in [2.75, 3.05) is 46.0 Å². The van der Waals surface area contributed by atoms with Crippen molar-refractivity contribution >= 4 is 5.91 Å². The molecule has 5 nitrogen and oxygen atoms in total. The summed E-state index contributed by atoms with van der Waals surface area (Å²) in [7, 11) is 0. The predicted octanol–water partition coefficient (Wildman–Crippen LogP) is 0.00390. The van der Waals surface area contributed by atoms with Gasteiger partial charge in [0.15, 0.2) is 0 Å². The lowest BCUT2D eigenvalue weighted by Crippen LogP contribution is -2.44. The zero-order valence-electron chi connectivity index (χ0n) is 10.3. The summed E-state index contributed by atoms with van der Waals surface area (Å²) in [5, 5.41) is 3.20. The Labute approximate surface area is 102 Å². The van der Waals surface area contributed by atoms with Crippen LogP contribution in [0.4, 0.5) is 0 Å². The molecule has 0 bridgehead atoms. The van der Waals surface area contributed by atoms with Gasteiger partial charge < -0.3 is 19.7 Å². The van der Waals surface area contributed by atoms with Crippen LogP contribution in [0.5, 0.6) is 0 Å². The van der Waals surface area contributed by atoms with E-state index in [1.807, 2.05) is 4.90 Å². The van der Waals surface area contributed by atoms with Crippen molar-refractivity contribution in [2.45, 2.75) is 25.4 Å². The van der Waals surface area contributed by atoms with E-state index < -0.39 is 0 Å². The van der Waals surface area contributed by atoms with E-state index in [4.69, 9.17) is 9.47 Å². The average Bonchev–Trinajstić information content (AvgIpc) is 2.88. The Bertz CT molecular complexity index is 236. The van der Waals surface area contributed by atoms with Gasteiger partial charge in [-0.25, -0.2) is 0 Å². The van der Waals surface area contributed by atoms with Gasteiger partial charge in [0.1, 0.15) is 0 Å². The van der Waals surface area contributed by atoms with E-state index in [1.54, 1.807) is 0 Å². The van der Waals surface area contributed by atoms with Crippen molar-refractivity contribution in [3.63, 3.8) is 0 Å². The molecule has 0 aromatic rings. The molecule has 5 heteroatoms. The highest BCUT2D eigenvalue weighted by atomic mass is 16.5. The van der Waals surface area contributed by atoms with Crippen LogP contribution in [-0.4, -0.2) is 62.9 Å². The van der Waals surface area contributed by atoms with E-state index in [-0.39, 0.29) is 5.91 Å². The van der Waals surface area contributed by atoms with Crippen molar-refractivity contribution in [1.82, 2.24) is 10.2 Å². The fourth-order valence-electron chi connectivity index (χ4n) is 2.25. The largest absolute Gasteiger partial charge is 0.378 e. The lowest BCUT2D eigenvalue weighted by atomic mass is 10.2. The van der Waals surface area contributed by atoms with Crippen molar-refractivity contribution < 1.29 is 14.3 Å². The number of carbonyl (C=O) groups is 1. The molecule has 0 radical (unpaired) electrons. The predicted molar refractivity (Wildman–Crippen MR) is 63.9 cm³/mol. The summed E-state index contributed by atoms with van der Waals surface area (Å²) in [6.45, 7) is 4.99. The van der Waals surface area contributed by atoms with Crippen LogP contribution in [0.2, 0.25) is 0 Å². The van der Waals surface area contributed by atoms with Crippen molar-refractivity contribution in [2.24, 2.45) is 0 Å². The number of carbonyl (C=O) groups excluding carboxylic acids is 1. The van der Waals surface area contributed by atoms with Crippen LogP contribution in [0.3, 0.4) is 0 Å². The number of hydrogen-bond donors (Lipinski definition) is 1. The molecule has 0 aliphatic carbocycles. The molecular weight excluding hydrogens is 220 g/mol. The smallest absolute Gasteiger partial charge is 0.236 e. The lowest BCUT2D eigenvalue weighted by molar-refractivity contribution is -0.134. The average molecular weight is 242 g/mol. The molecule has 0 aromatic carbocycles. The molecule has 2 saturated heterocycles. The second-order valence-electron chi connectivity index (χ2n) is 4.59. The third kappa shape index (κ3) is 4.26. The van der Waals surface area contributed by atoms with Gasteiger partial charge >= 0.3 is 0 Å². The molecule has 0 spiro atoms. The minimum Gasteiger partial charge on any atom is -0.378 e. The number of hydrogen-bond acceptors (Lipinski definition) is 4. The molecule has 2 aliphatic rings. The number of morpholine rings is 1. The molecule has 2 rings (SSSR count). The van der Waals surface area contributed by atoms with Gasteiger partial charge in [-0.15, -0.1) is 0 Å². The van der Waals surface area contributed by atoms with E-state index in [0.29, 0.717) is 25.9 Å². The molecule has 2 fully saturated rings. The standard InChI is InChI=1S/C12H22N2O3/c15-12(14-5-8-16-9-6-14)10-13-4-3-11-2-1-7-17-11/h11,13H,1-10H2. The molecule has 1 N–H and O–H groups in total. The topological polar surface area (TPSA) is 50.8 Å². The van der Waals surface area contributed by atoms with Crippen LogP contribution >= 0.6 is 0 Å². The summed E-state index contributed by atoms with van der Waals surface area (Å²) in [5.74, 6) is 0.181. The third-order valence-electron chi connectivity index (χ3n) is 3.31. The van der Waals surface area contributed by atoms with Gasteiger partial charge in [0.05, 0.1) is 25.9 Å². The fourth-order valence-corrected chi connectivity index (χ4v) is 2.25. The highest BCUT2D eigenvalue weighted by Gasteiger charge is 2.17. The van der Waals surface area contributed by atoms with Gasteiger partial charge in [-0.05, 0) is 25.8 Å². The molecular formula is C12H22N2O3. The molecule has 1 atom stereocenters. The Kier molecular flexibility index (Phi) is 5.22. The summed E-state index contributed by atoms with van der Waals surface area (Å²) in [6.07, 6.45) is 3.76. The molecule has 1 unspecified atom stereocenters. The summed E-state index contributed by atoms with van der Waals surface area (Å²) in [5.41, 5.74) is 0. The first-order valence-electron chi connectivity index (χ1n) is 6.54. The van der Waals surface area contributed by atoms with E-state index >= 15 is 0 Å². The van der Waals surface area contributed by atoms with Crippen LogP contribution in [0, 0.1) is 0 Å². The maximum atomic E-state index is 11.8. The molecule has 2 heterocycles. The van der Waals surface area contributed by atoms with Crippen molar-refractivity contribution in [3.05, 3.63) is 0 Å². The van der Waals surface area contributed by atoms with Gasteiger partial charge in [0.25, 0.3) is 0 Å². The van der Waals surface area contributed by atoms with Crippen molar-refractivity contribution in [3.8, 4) is 0 Å². The number of ether oxygens (including phenoxy) is 2. The number of nitrogens with one attached hydrogen (secondary N) is 1. The molecule has 0 saturated carbocycles. The number of amides is 1. The molecule has 1 amide bonds. The molecule has 0 aromatic heterocycles. The number of nitrogens with zero attached hydrogens (tertiary/aromatic N) is 1. The Hall–Kier alpha value is -0.650. The van der Waals surface area contributed by atoms with Crippen LogP contribution in [0.1, 0.15) is 19.3 Å². The fraction of sp³-hybridized carbons (Fsp3) is 0.917. The van der Waals surface area contributed by atoms with Crippen LogP contribution in [0.15, 0.2) is 0 Å². The second-order valence-corrected chi connectivity index (χ2v) is 4.59. The Morgan fingerprint density at radius 1 is 1.29 bits per heavy atom. The maximum absolute atomic E-state index is 11.8. The summed E-state index contributed by atoms with van der Waals surface area (Å²) < 4.78 is 10.7. The van der Waals surface area contributed by atoms with Gasteiger partial charge in [-0.3, -0.25) is 4.79 Å². The third-order valence-corrected chi connectivity index (χ3v) is 3.31. The van der Waals surface area contributed by atoms with E-state index in [1.165, 1.54) is 12.8 Å².